The van der Waals surface area contributed by atoms with Gasteiger partial charge in [-0.2, -0.15) is 0 Å². The van der Waals surface area contributed by atoms with Crippen molar-refractivity contribution in [2.45, 2.75) is 25.7 Å². The van der Waals surface area contributed by atoms with Gasteiger partial charge in [-0.25, -0.2) is 9.97 Å². The number of aliphatic carboxylic acids is 2. The van der Waals surface area contributed by atoms with Crippen molar-refractivity contribution in [1.29, 1.82) is 0 Å². The molecule has 0 aliphatic carbocycles. The second kappa shape index (κ2) is 10.2. The number of carbonyl (C=O) groups is 2. The van der Waals surface area contributed by atoms with Crippen molar-refractivity contribution >= 4 is 57.3 Å². The number of nitrogens with zero attached hydrogens (tertiary/aromatic N) is 2. The monoisotopic (exact) mass is 506 g/mol. The summed E-state index contributed by atoms with van der Waals surface area (Å²) in [5, 5.41) is 18.5. The molecule has 8 bridgehead atoms. The van der Waals surface area contributed by atoms with Crippen LogP contribution < -0.4 is 0 Å². The van der Waals surface area contributed by atoms with Gasteiger partial charge in [0.15, 0.2) is 0 Å². The highest BCUT2D eigenvalue weighted by Gasteiger charge is 2.13. The van der Waals surface area contributed by atoms with Crippen molar-refractivity contribution in [2.24, 2.45) is 0 Å². The smallest absolute Gasteiger partial charge is 0.303 e. The zero-order valence-corrected chi connectivity index (χ0v) is 20.6. The Hall–Kier alpha value is -4.98. The van der Waals surface area contributed by atoms with Gasteiger partial charge in [0.25, 0.3) is 0 Å². The number of aromatic amines is 2. The third-order valence-electron chi connectivity index (χ3n) is 6.43. The fourth-order valence-corrected chi connectivity index (χ4v) is 4.62. The Morgan fingerprint density at radius 2 is 1.16 bits per heavy atom. The van der Waals surface area contributed by atoms with E-state index in [0.717, 1.165) is 67.1 Å². The van der Waals surface area contributed by atoms with Crippen LogP contribution in [0.15, 0.2) is 61.7 Å². The van der Waals surface area contributed by atoms with Gasteiger partial charge in [0.1, 0.15) is 0 Å². The predicted molar refractivity (Wildman–Crippen MR) is 149 cm³/mol. The highest BCUT2D eigenvalue weighted by molar-refractivity contribution is 5.92. The molecular weight excluding hydrogens is 480 g/mol. The van der Waals surface area contributed by atoms with Gasteiger partial charge >= 0.3 is 11.9 Å². The number of rotatable bonds is 8. The summed E-state index contributed by atoms with van der Waals surface area (Å²) in [7, 11) is 0. The Morgan fingerprint density at radius 1 is 0.711 bits per heavy atom. The van der Waals surface area contributed by atoms with Gasteiger partial charge in [-0.15, -0.1) is 0 Å². The average molecular weight is 507 g/mol. The number of H-pyrrole nitrogens is 2. The van der Waals surface area contributed by atoms with Crippen LogP contribution in [-0.2, 0) is 22.4 Å². The Morgan fingerprint density at radius 3 is 1.55 bits per heavy atom. The first-order valence-electron chi connectivity index (χ1n) is 12.2. The molecule has 2 aliphatic rings. The molecule has 190 valence electrons. The number of fused-ring (bicyclic) bond motifs is 8. The molecule has 4 N–H and O–H groups in total. The summed E-state index contributed by atoms with van der Waals surface area (Å²) in [5.74, 6) is -1.76. The molecule has 38 heavy (non-hydrogen) atoms. The number of aryl methyl sites for hydroxylation is 2. The molecule has 0 fully saturated rings. The Labute approximate surface area is 218 Å². The molecule has 0 aromatic carbocycles. The van der Waals surface area contributed by atoms with E-state index >= 15 is 0 Å². The number of hydrogen-bond donors (Lipinski definition) is 4. The molecule has 0 saturated carbocycles. The number of nitrogens with one attached hydrogen (secondary N) is 2. The fraction of sp³-hybridized carbons (Fsp3) is 0.133. The van der Waals surface area contributed by atoms with Crippen molar-refractivity contribution in [3.8, 4) is 0 Å². The predicted octanol–water partition coefficient (Wildman–Crippen LogP) is 5.80. The van der Waals surface area contributed by atoms with Crippen LogP contribution in [0.4, 0.5) is 0 Å². The zero-order valence-electron chi connectivity index (χ0n) is 20.6. The summed E-state index contributed by atoms with van der Waals surface area (Å²) < 4.78 is 0. The molecule has 3 aromatic rings. The van der Waals surface area contributed by atoms with Crippen LogP contribution in [0.25, 0.3) is 45.4 Å². The van der Waals surface area contributed by atoms with Crippen LogP contribution in [0.5, 0.6) is 0 Å². The van der Waals surface area contributed by atoms with Gasteiger partial charge < -0.3 is 20.2 Å². The van der Waals surface area contributed by atoms with E-state index in [1.165, 1.54) is 0 Å². The maximum absolute atomic E-state index is 11.3. The van der Waals surface area contributed by atoms with E-state index in [1.807, 2.05) is 48.6 Å². The van der Waals surface area contributed by atoms with E-state index in [4.69, 9.17) is 9.97 Å². The number of allylic oxidation sites excluding steroid dienone is 4. The molecule has 0 spiro atoms. The lowest BCUT2D eigenvalue weighted by Gasteiger charge is -1.97. The minimum atomic E-state index is -0.881. The SMILES string of the molecule is C=CC1=Cc2cc3cc(CCC(=O)O)c(cc4[nH]c(cc5nc(cc1n2)C(C=C)=C5)cc4CCC(=O)O)[nH]3. The zero-order chi connectivity index (χ0) is 26.8. The van der Waals surface area contributed by atoms with Crippen molar-refractivity contribution in [1.82, 2.24) is 19.9 Å². The third kappa shape index (κ3) is 5.24. The van der Waals surface area contributed by atoms with Crippen molar-refractivity contribution < 1.29 is 19.8 Å². The van der Waals surface area contributed by atoms with Gasteiger partial charge in [-0.05, 0) is 72.5 Å². The number of hydrogen-bond acceptors (Lipinski definition) is 4. The topological polar surface area (TPSA) is 132 Å². The summed E-state index contributed by atoms with van der Waals surface area (Å²) in [5.41, 5.74) is 9.36. The standard InChI is InChI=1S/C30H26N4O4/c1-3-17-9-21-13-23-11-19(5-7-29(35)36)27(33-23)16-28-20(6-8-30(37)38)12-24(34-28)14-22-10-18(4-2)26(32-22)15-25(17)31-21/h3-4,9-16,33-34H,1-2,5-8H2,(H,35,36)(H,37,38). The lowest BCUT2D eigenvalue weighted by atomic mass is 10.1. The molecule has 0 saturated heterocycles. The molecule has 0 atom stereocenters. The van der Waals surface area contributed by atoms with Crippen LogP contribution in [0.1, 0.15) is 46.7 Å². The van der Waals surface area contributed by atoms with Crippen molar-refractivity contribution in [3.05, 3.63) is 95.6 Å². The molecule has 2 aliphatic heterocycles. The summed E-state index contributed by atoms with van der Waals surface area (Å²) in [6, 6.07) is 11.4. The van der Waals surface area contributed by atoms with Crippen LogP contribution in [-0.4, -0.2) is 42.1 Å². The van der Waals surface area contributed by atoms with Crippen LogP contribution in [0.3, 0.4) is 0 Å². The van der Waals surface area contributed by atoms with E-state index in [1.54, 1.807) is 12.2 Å². The molecule has 3 aromatic heterocycles. The van der Waals surface area contributed by atoms with E-state index in [-0.39, 0.29) is 12.8 Å². The summed E-state index contributed by atoms with van der Waals surface area (Å²) >= 11 is 0. The molecule has 8 heteroatoms. The van der Waals surface area contributed by atoms with E-state index in [2.05, 4.69) is 23.1 Å². The molecule has 0 radical (unpaired) electrons. The molecule has 0 unspecified atom stereocenters. The van der Waals surface area contributed by atoms with Gasteiger partial charge in [-0.3, -0.25) is 9.59 Å². The lowest BCUT2D eigenvalue weighted by Crippen LogP contribution is -1.97. The molecular formula is C30H26N4O4. The second-order valence-electron chi connectivity index (χ2n) is 9.14. The van der Waals surface area contributed by atoms with Gasteiger partial charge in [0, 0.05) is 46.1 Å². The number of carboxylic acid groups (broad SMARTS) is 2. The third-order valence-corrected chi connectivity index (χ3v) is 6.43. The quantitative estimate of drug-likeness (QED) is 0.305. The first-order valence-corrected chi connectivity index (χ1v) is 12.2. The van der Waals surface area contributed by atoms with Crippen LogP contribution in [0, 0.1) is 0 Å². The maximum atomic E-state index is 11.3. The lowest BCUT2D eigenvalue weighted by molar-refractivity contribution is -0.138. The largest absolute Gasteiger partial charge is 0.481 e. The fourth-order valence-electron chi connectivity index (χ4n) is 4.62. The van der Waals surface area contributed by atoms with Crippen molar-refractivity contribution in [2.75, 3.05) is 0 Å². The Bertz CT molecular complexity index is 1600. The Balaban J connectivity index is 1.83. The minimum absolute atomic E-state index is 0.0154. The van der Waals surface area contributed by atoms with Gasteiger partial charge in [0.05, 0.1) is 22.8 Å². The molecule has 5 rings (SSSR count). The highest BCUT2D eigenvalue weighted by Crippen LogP contribution is 2.28. The molecule has 0 amide bonds. The first kappa shape index (κ1) is 24.7. The van der Waals surface area contributed by atoms with Crippen LogP contribution in [0.2, 0.25) is 0 Å². The molecule has 5 heterocycles. The Kier molecular flexibility index (Phi) is 6.62. The van der Waals surface area contributed by atoms with Crippen molar-refractivity contribution in [3.63, 3.8) is 0 Å². The summed E-state index contributed by atoms with van der Waals surface area (Å²) in [6.07, 6.45) is 8.01. The van der Waals surface area contributed by atoms with E-state index in [9.17, 15) is 19.8 Å². The van der Waals surface area contributed by atoms with Gasteiger partial charge in [-0.1, -0.05) is 25.3 Å². The average Bonchev–Trinajstić information content (AvgIpc) is 3.63. The van der Waals surface area contributed by atoms with E-state index in [0.29, 0.717) is 12.8 Å². The second-order valence-corrected chi connectivity index (χ2v) is 9.14. The minimum Gasteiger partial charge on any atom is -0.481 e. The van der Waals surface area contributed by atoms with Crippen LogP contribution >= 0.6 is 0 Å². The molecule has 8 nitrogen and oxygen atoms in total. The first-order chi connectivity index (χ1) is 18.3. The highest BCUT2D eigenvalue weighted by atomic mass is 16.4. The van der Waals surface area contributed by atoms with Gasteiger partial charge in [0.2, 0.25) is 0 Å². The normalized spacial score (nSPS) is 12.5. The summed E-state index contributed by atoms with van der Waals surface area (Å²) in [4.78, 5) is 38.9. The number of aromatic nitrogens is 4. The van der Waals surface area contributed by atoms with E-state index < -0.39 is 11.9 Å². The maximum Gasteiger partial charge on any atom is 0.303 e. The summed E-state index contributed by atoms with van der Waals surface area (Å²) in [6.45, 7) is 7.85. The number of carboxylic acids is 2.